The van der Waals surface area contributed by atoms with Gasteiger partial charge in [-0.25, -0.2) is 0 Å². The van der Waals surface area contributed by atoms with E-state index in [1.165, 1.54) is 43.5 Å². The number of ether oxygens (including phenoxy) is 1. The first-order valence-electron chi connectivity index (χ1n) is 9.34. The lowest BCUT2D eigenvalue weighted by Crippen LogP contribution is -2.39. The summed E-state index contributed by atoms with van der Waals surface area (Å²) in [6.07, 6.45) is 5.25. The lowest BCUT2D eigenvalue weighted by molar-refractivity contribution is -0.128. The largest absolute Gasteiger partial charge is 0.481 e. The minimum Gasteiger partial charge on any atom is -0.481 e. The number of nitrogens with one attached hydrogen (secondary N) is 1. The molecule has 0 spiro atoms. The van der Waals surface area contributed by atoms with E-state index in [2.05, 4.69) is 24.1 Å². The molecule has 0 aliphatic carbocycles. The fourth-order valence-corrected chi connectivity index (χ4v) is 3.08. The van der Waals surface area contributed by atoms with Crippen molar-refractivity contribution in [2.75, 3.05) is 26.2 Å². The number of amides is 1. The zero-order valence-electron chi connectivity index (χ0n) is 15.4. The summed E-state index contributed by atoms with van der Waals surface area (Å²) in [6.45, 7) is 10.3. The van der Waals surface area contributed by atoms with Crippen LogP contribution in [-0.2, 0) is 4.79 Å². The van der Waals surface area contributed by atoms with Gasteiger partial charge < -0.3 is 15.0 Å². The fourth-order valence-electron chi connectivity index (χ4n) is 3.08. The Hall–Kier alpha value is -1.55. The van der Waals surface area contributed by atoms with Crippen LogP contribution in [0.3, 0.4) is 0 Å². The standard InChI is InChI=1S/C20H32N2O2/c1-4-19(24-18-10-9-16(2)17(3)15-18)20(23)21-11-8-14-22-12-6-5-7-13-22/h9-10,15,19H,4-8,11-14H2,1-3H3,(H,21,23)/t19-/m0/s1. The molecule has 0 aromatic heterocycles. The quantitative estimate of drug-likeness (QED) is 0.741. The van der Waals surface area contributed by atoms with Gasteiger partial charge in [0.05, 0.1) is 0 Å². The second-order valence-electron chi connectivity index (χ2n) is 6.81. The van der Waals surface area contributed by atoms with Crippen molar-refractivity contribution in [3.63, 3.8) is 0 Å². The number of carbonyl (C=O) groups excluding carboxylic acids is 1. The molecule has 0 saturated carbocycles. The van der Waals surface area contributed by atoms with Crippen LogP contribution in [0.5, 0.6) is 5.75 Å². The van der Waals surface area contributed by atoms with E-state index in [0.717, 1.165) is 25.3 Å². The van der Waals surface area contributed by atoms with Crippen LogP contribution in [0.15, 0.2) is 18.2 Å². The maximum absolute atomic E-state index is 12.3. The molecule has 4 nitrogen and oxygen atoms in total. The molecule has 0 radical (unpaired) electrons. The number of hydrogen-bond acceptors (Lipinski definition) is 3. The van der Waals surface area contributed by atoms with Gasteiger partial charge in [0, 0.05) is 6.54 Å². The van der Waals surface area contributed by atoms with Crippen LogP contribution in [-0.4, -0.2) is 43.1 Å². The molecule has 1 saturated heterocycles. The van der Waals surface area contributed by atoms with Crippen LogP contribution in [0.4, 0.5) is 0 Å². The predicted molar refractivity (Wildman–Crippen MR) is 98.5 cm³/mol. The molecule has 1 fully saturated rings. The number of rotatable bonds is 8. The first-order valence-corrected chi connectivity index (χ1v) is 9.34. The van der Waals surface area contributed by atoms with E-state index in [1.54, 1.807) is 0 Å². The molecule has 1 aromatic carbocycles. The second-order valence-corrected chi connectivity index (χ2v) is 6.81. The van der Waals surface area contributed by atoms with E-state index < -0.39 is 6.10 Å². The van der Waals surface area contributed by atoms with E-state index in [1.807, 2.05) is 25.1 Å². The van der Waals surface area contributed by atoms with Gasteiger partial charge in [-0.2, -0.15) is 0 Å². The summed E-state index contributed by atoms with van der Waals surface area (Å²) in [5, 5.41) is 3.03. The highest BCUT2D eigenvalue weighted by atomic mass is 16.5. The third-order valence-electron chi connectivity index (χ3n) is 4.82. The summed E-state index contributed by atoms with van der Waals surface area (Å²) >= 11 is 0. The predicted octanol–water partition coefficient (Wildman–Crippen LogP) is 3.45. The highest BCUT2D eigenvalue weighted by Gasteiger charge is 2.18. The molecule has 1 atom stereocenters. The maximum Gasteiger partial charge on any atom is 0.261 e. The molecule has 4 heteroatoms. The van der Waals surface area contributed by atoms with Crippen LogP contribution < -0.4 is 10.1 Å². The Kier molecular flexibility index (Phi) is 7.57. The van der Waals surface area contributed by atoms with Crippen molar-refractivity contribution < 1.29 is 9.53 Å². The Morgan fingerprint density at radius 2 is 1.96 bits per heavy atom. The summed E-state index contributed by atoms with van der Waals surface area (Å²) in [7, 11) is 0. The Morgan fingerprint density at radius 1 is 1.21 bits per heavy atom. The van der Waals surface area contributed by atoms with Crippen molar-refractivity contribution in [3.8, 4) is 5.75 Å². The Balaban J connectivity index is 1.73. The third kappa shape index (κ3) is 5.82. The van der Waals surface area contributed by atoms with Gasteiger partial charge in [-0.1, -0.05) is 19.4 Å². The Labute approximate surface area is 146 Å². The molecule has 24 heavy (non-hydrogen) atoms. The van der Waals surface area contributed by atoms with Crippen LogP contribution in [0.2, 0.25) is 0 Å². The molecular formula is C20H32N2O2. The molecule has 1 heterocycles. The highest BCUT2D eigenvalue weighted by molar-refractivity contribution is 5.81. The summed E-state index contributed by atoms with van der Waals surface area (Å²) < 4.78 is 5.89. The van der Waals surface area contributed by atoms with Crippen molar-refractivity contribution in [3.05, 3.63) is 29.3 Å². The number of piperidine rings is 1. The van der Waals surface area contributed by atoms with Gasteiger partial charge in [0.1, 0.15) is 5.75 Å². The van der Waals surface area contributed by atoms with Crippen molar-refractivity contribution in [2.45, 2.75) is 59.0 Å². The maximum atomic E-state index is 12.3. The van der Waals surface area contributed by atoms with Gasteiger partial charge in [-0.15, -0.1) is 0 Å². The normalized spacial score (nSPS) is 16.6. The number of nitrogens with zero attached hydrogens (tertiary/aromatic N) is 1. The third-order valence-corrected chi connectivity index (χ3v) is 4.82. The molecule has 0 unspecified atom stereocenters. The van der Waals surface area contributed by atoms with E-state index in [9.17, 15) is 4.79 Å². The second kappa shape index (κ2) is 9.67. The van der Waals surface area contributed by atoms with Crippen molar-refractivity contribution in [1.29, 1.82) is 0 Å². The van der Waals surface area contributed by atoms with Gasteiger partial charge in [0.15, 0.2) is 6.10 Å². The van der Waals surface area contributed by atoms with Gasteiger partial charge in [0.25, 0.3) is 5.91 Å². The van der Waals surface area contributed by atoms with Crippen LogP contribution >= 0.6 is 0 Å². The number of benzene rings is 1. The smallest absolute Gasteiger partial charge is 0.261 e. The summed E-state index contributed by atoms with van der Waals surface area (Å²) in [5.41, 5.74) is 2.42. The molecule has 1 amide bonds. The summed E-state index contributed by atoms with van der Waals surface area (Å²) in [5.74, 6) is 0.766. The molecule has 0 bridgehead atoms. The lowest BCUT2D eigenvalue weighted by Gasteiger charge is -2.26. The Bertz CT molecular complexity index is 524. The van der Waals surface area contributed by atoms with Crippen LogP contribution in [0.1, 0.15) is 50.2 Å². The zero-order chi connectivity index (χ0) is 17.4. The van der Waals surface area contributed by atoms with Gasteiger partial charge >= 0.3 is 0 Å². The number of hydrogen-bond donors (Lipinski definition) is 1. The highest BCUT2D eigenvalue weighted by Crippen LogP contribution is 2.18. The Morgan fingerprint density at radius 3 is 2.62 bits per heavy atom. The molecule has 134 valence electrons. The van der Waals surface area contributed by atoms with Crippen molar-refractivity contribution in [1.82, 2.24) is 10.2 Å². The van der Waals surface area contributed by atoms with E-state index in [4.69, 9.17) is 4.74 Å². The van der Waals surface area contributed by atoms with Crippen LogP contribution in [0, 0.1) is 13.8 Å². The van der Waals surface area contributed by atoms with E-state index in [-0.39, 0.29) is 5.91 Å². The molecular weight excluding hydrogens is 300 g/mol. The summed E-state index contributed by atoms with van der Waals surface area (Å²) in [4.78, 5) is 14.8. The van der Waals surface area contributed by atoms with Gasteiger partial charge in [-0.3, -0.25) is 4.79 Å². The van der Waals surface area contributed by atoms with E-state index in [0.29, 0.717) is 6.42 Å². The first-order chi connectivity index (χ1) is 11.6. The minimum absolute atomic E-state index is 0.00521. The average Bonchev–Trinajstić information content (AvgIpc) is 2.60. The van der Waals surface area contributed by atoms with Crippen molar-refractivity contribution >= 4 is 5.91 Å². The van der Waals surface area contributed by atoms with Gasteiger partial charge in [-0.05, 0) is 82.4 Å². The molecule has 2 rings (SSSR count). The minimum atomic E-state index is -0.415. The number of aryl methyl sites for hydroxylation is 2. The topological polar surface area (TPSA) is 41.6 Å². The molecule has 1 aliphatic heterocycles. The fraction of sp³-hybridized carbons (Fsp3) is 0.650. The molecule has 1 aromatic rings. The number of likely N-dealkylation sites (tertiary alicyclic amines) is 1. The average molecular weight is 332 g/mol. The monoisotopic (exact) mass is 332 g/mol. The first kappa shape index (κ1) is 18.8. The summed E-state index contributed by atoms with van der Waals surface area (Å²) in [6, 6.07) is 5.98. The van der Waals surface area contributed by atoms with Gasteiger partial charge in [0.2, 0.25) is 0 Å². The SMILES string of the molecule is CC[C@H](Oc1ccc(C)c(C)c1)C(=O)NCCCN1CCCCC1. The van der Waals surface area contributed by atoms with E-state index >= 15 is 0 Å². The zero-order valence-corrected chi connectivity index (χ0v) is 15.4. The lowest BCUT2D eigenvalue weighted by atomic mass is 10.1. The van der Waals surface area contributed by atoms with Crippen LogP contribution in [0.25, 0.3) is 0 Å². The number of carbonyl (C=O) groups is 1. The van der Waals surface area contributed by atoms with Crippen molar-refractivity contribution in [2.24, 2.45) is 0 Å². The molecule has 1 N–H and O–H groups in total. The molecule has 1 aliphatic rings.